The summed E-state index contributed by atoms with van der Waals surface area (Å²) in [4.78, 5) is 16.1. The van der Waals surface area contributed by atoms with E-state index in [2.05, 4.69) is 4.98 Å². The van der Waals surface area contributed by atoms with Gasteiger partial charge in [-0.15, -0.1) is 0 Å². The number of pyridine rings is 1. The molecule has 0 bridgehead atoms. The Kier molecular flexibility index (Phi) is 5.88. The van der Waals surface area contributed by atoms with Crippen LogP contribution >= 0.6 is 23.2 Å². The third-order valence-corrected chi connectivity index (χ3v) is 6.33. The quantitative estimate of drug-likeness (QED) is 0.335. The van der Waals surface area contributed by atoms with Gasteiger partial charge in [-0.3, -0.25) is 4.31 Å². The summed E-state index contributed by atoms with van der Waals surface area (Å²) < 4.78 is 31.7. The molecule has 0 radical (unpaired) electrons. The van der Waals surface area contributed by atoms with E-state index in [0.29, 0.717) is 5.69 Å². The molecule has 6 nitrogen and oxygen atoms in total. The average Bonchev–Trinajstić information content (AvgIpc) is 2.70. The maximum absolute atomic E-state index is 12.7. The van der Waals surface area contributed by atoms with Gasteiger partial charge < -0.3 is 4.74 Å². The van der Waals surface area contributed by atoms with E-state index in [4.69, 9.17) is 27.9 Å². The fraction of sp³-hybridized carbons (Fsp3) is 0.0526. The number of carbonyl (C=O) groups is 1. The first kappa shape index (κ1) is 20.1. The van der Waals surface area contributed by atoms with E-state index in [1.165, 1.54) is 55.7 Å². The zero-order valence-corrected chi connectivity index (χ0v) is 16.9. The van der Waals surface area contributed by atoms with Gasteiger partial charge in [-0.25, -0.2) is 18.2 Å². The summed E-state index contributed by atoms with van der Waals surface area (Å²) in [5.74, 6) is -0.422. The number of hydrogen-bond donors (Lipinski definition) is 0. The van der Waals surface area contributed by atoms with E-state index in [9.17, 15) is 13.2 Å². The number of esters is 1. The molecular weight excluding hydrogens is 423 g/mol. The fourth-order valence-electron chi connectivity index (χ4n) is 2.31. The summed E-state index contributed by atoms with van der Waals surface area (Å²) in [7, 11) is -2.24. The van der Waals surface area contributed by atoms with Crippen LogP contribution in [0, 0.1) is 0 Å². The lowest BCUT2D eigenvalue weighted by atomic mass is 10.3. The van der Waals surface area contributed by atoms with Crippen LogP contribution in [0.4, 0.5) is 5.69 Å². The molecule has 0 spiro atoms. The maximum atomic E-state index is 12.7. The van der Waals surface area contributed by atoms with Gasteiger partial charge in [-0.2, -0.15) is 0 Å². The van der Waals surface area contributed by atoms with Crippen molar-refractivity contribution in [2.24, 2.45) is 0 Å². The third kappa shape index (κ3) is 4.27. The van der Waals surface area contributed by atoms with Crippen LogP contribution < -0.4 is 9.04 Å². The van der Waals surface area contributed by atoms with Crippen LogP contribution in [0.5, 0.6) is 5.75 Å². The number of nitrogens with zero attached hydrogens (tertiary/aromatic N) is 2. The summed E-state index contributed by atoms with van der Waals surface area (Å²) in [6.07, 6.45) is 1.26. The van der Waals surface area contributed by atoms with Crippen molar-refractivity contribution in [3.8, 4) is 5.75 Å². The highest BCUT2D eigenvalue weighted by molar-refractivity contribution is 7.92. The topological polar surface area (TPSA) is 76.6 Å². The summed E-state index contributed by atoms with van der Waals surface area (Å²) in [6, 6.07) is 15.5. The average molecular weight is 437 g/mol. The molecule has 144 valence electrons. The van der Waals surface area contributed by atoms with Crippen LogP contribution in [0.2, 0.25) is 10.2 Å². The lowest BCUT2D eigenvalue weighted by molar-refractivity contribution is 0.0734. The summed E-state index contributed by atoms with van der Waals surface area (Å²) in [6.45, 7) is 0. The molecule has 0 aliphatic carbocycles. The Morgan fingerprint density at radius 2 is 1.68 bits per heavy atom. The molecule has 0 saturated carbocycles. The van der Waals surface area contributed by atoms with Crippen LogP contribution in [-0.2, 0) is 10.0 Å². The number of carbonyl (C=O) groups excluding carboxylic acids is 1. The normalized spacial score (nSPS) is 11.1. The number of benzene rings is 2. The zero-order chi connectivity index (χ0) is 20.3. The van der Waals surface area contributed by atoms with E-state index < -0.39 is 16.0 Å². The summed E-state index contributed by atoms with van der Waals surface area (Å²) >= 11 is 11.6. The van der Waals surface area contributed by atoms with Gasteiger partial charge in [0.05, 0.1) is 21.2 Å². The first-order valence-electron chi connectivity index (χ1n) is 7.96. The minimum absolute atomic E-state index is 0.0882. The predicted octanol–water partition coefficient (Wildman–Crippen LogP) is 4.43. The molecule has 2 aromatic carbocycles. The van der Waals surface area contributed by atoms with E-state index in [0.717, 1.165) is 4.31 Å². The van der Waals surface area contributed by atoms with Crippen molar-refractivity contribution in [1.29, 1.82) is 0 Å². The van der Waals surface area contributed by atoms with Gasteiger partial charge in [-0.1, -0.05) is 41.4 Å². The molecule has 0 aliphatic heterocycles. The van der Waals surface area contributed by atoms with E-state index in [1.807, 2.05) is 0 Å². The molecule has 0 saturated heterocycles. The number of anilines is 1. The molecule has 3 rings (SSSR count). The van der Waals surface area contributed by atoms with Gasteiger partial charge in [0.25, 0.3) is 10.0 Å². The van der Waals surface area contributed by atoms with E-state index >= 15 is 0 Å². The van der Waals surface area contributed by atoms with Crippen LogP contribution in [0.15, 0.2) is 71.8 Å². The van der Waals surface area contributed by atoms with E-state index in [-0.39, 0.29) is 26.4 Å². The van der Waals surface area contributed by atoms with Gasteiger partial charge in [0, 0.05) is 13.2 Å². The summed E-state index contributed by atoms with van der Waals surface area (Å²) in [5.41, 5.74) is 0.558. The molecular formula is C19H14Cl2N2O4S. The van der Waals surface area contributed by atoms with Crippen molar-refractivity contribution >= 4 is 44.9 Å². The highest BCUT2D eigenvalue weighted by atomic mass is 35.5. The van der Waals surface area contributed by atoms with Gasteiger partial charge in [0.15, 0.2) is 0 Å². The van der Waals surface area contributed by atoms with Crippen molar-refractivity contribution in [2.75, 3.05) is 11.4 Å². The van der Waals surface area contributed by atoms with Gasteiger partial charge >= 0.3 is 5.97 Å². The van der Waals surface area contributed by atoms with Gasteiger partial charge in [-0.05, 0) is 42.5 Å². The third-order valence-electron chi connectivity index (χ3n) is 3.84. The molecule has 1 aromatic heterocycles. The Bertz CT molecular complexity index is 1100. The number of ether oxygens (including phenoxy) is 1. The first-order valence-corrected chi connectivity index (χ1v) is 10.2. The van der Waals surface area contributed by atoms with Crippen molar-refractivity contribution in [3.63, 3.8) is 0 Å². The lowest BCUT2D eigenvalue weighted by Crippen LogP contribution is -2.26. The Labute approximate surface area is 172 Å². The molecule has 0 atom stereocenters. The first-order chi connectivity index (χ1) is 13.3. The minimum atomic E-state index is -3.69. The minimum Gasteiger partial charge on any atom is -0.423 e. The molecule has 0 unspecified atom stereocenters. The summed E-state index contributed by atoms with van der Waals surface area (Å²) in [5, 5.41) is 0.226. The molecule has 28 heavy (non-hydrogen) atoms. The Hall–Kier alpha value is -2.61. The molecule has 0 N–H and O–H groups in total. The van der Waals surface area contributed by atoms with Crippen LogP contribution in [0.3, 0.4) is 0 Å². The Morgan fingerprint density at radius 1 is 1.04 bits per heavy atom. The lowest BCUT2D eigenvalue weighted by Gasteiger charge is -2.19. The second kappa shape index (κ2) is 8.18. The second-order valence-electron chi connectivity index (χ2n) is 5.67. The van der Waals surface area contributed by atoms with E-state index in [1.54, 1.807) is 18.2 Å². The van der Waals surface area contributed by atoms with Crippen molar-refractivity contribution in [3.05, 3.63) is 82.6 Å². The largest absolute Gasteiger partial charge is 0.423 e. The van der Waals surface area contributed by atoms with Crippen LogP contribution in [0.25, 0.3) is 0 Å². The fourth-order valence-corrected chi connectivity index (χ4v) is 3.80. The maximum Gasteiger partial charge on any atom is 0.345 e. The van der Waals surface area contributed by atoms with Crippen molar-refractivity contribution in [1.82, 2.24) is 4.98 Å². The smallest absolute Gasteiger partial charge is 0.345 e. The van der Waals surface area contributed by atoms with Crippen molar-refractivity contribution < 1.29 is 17.9 Å². The zero-order valence-electron chi connectivity index (χ0n) is 14.5. The number of sulfonamides is 1. The number of aromatic nitrogens is 1. The van der Waals surface area contributed by atoms with Gasteiger partial charge in [0.1, 0.15) is 10.9 Å². The van der Waals surface area contributed by atoms with Crippen LogP contribution in [0.1, 0.15) is 10.4 Å². The van der Waals surface area contributed by atoms with Crippen LogP contribution in [-0.4, -0.2) is 26.4 Å². The predicted molar refractivity (Wildman–Crippen MR) is 108 cm³/mol. The number of hydrogen-bond acceptors (Lipinski definition) is 5. The molecule has 3 aromatic rings. The van der Waals surface area contributed by atoms with Crippen molar-refractivity contribution in [2.45, 2.75) is 4.90 Å². The molecule has 0 aliphatic rings. The van der Waals surface area contributed by atoms with Gasteiger partial charge in [0.2, 0.25) is 0 Å². The Balaban J connectivity index is 1.76. The number of rotatable bonds is 5. The standard InChI is InChI=1S/C19H14Cl2N2O4S/c1-23(28(25,26)16-5-3-2-4-6-16)14-7-9-15(10-8-14)27-19(24)13-11-17(20)18(21)22-12-13/h2-12H,1H3. The number of halogens is 2. The molecule has 0 amide bonds. The highest BCUT2D eigenvalue weighted by Crippen LogP contribution is 2.25. The molecule has 0 fully saturated rings. The molecule has 9 heteroatoms. The Morgan fingerprint density at radius 3 is 2.29 bits per heavy atom. The highest BCUT2D eigenvalue weighted by Gasteiger charge is 2.21. The second-order valence-corrected chi connectivity index (χ2v) is 8.40. The SMILES string of the molecule is CN(c1ccc(OC(=O)c2cnc(Cl)c(Cl)c2)cc1)S(=O)(=O)c1ccccc1. The molecule has 1 heterocycles. The monoisotopic (exact) mass is 436 g/mol.